The minimum Gasteiger partial charge on any atom is -0.147 e. The van der Waals surface area contributed by atoms with Crippen molar-refractivity contribution in [1.82, 2.24) is 0 Å². The summed E-state index contributed by atoms with van der Waals surface area (Å²) in [6, 6.07) is 12.2. The Bertz CT molecular complexity index is 1190. The molecule has 0 saturated carbocycles. The van der Waals surface area contributed by atoms with E-state index in [0.29, 0.717) is 15.1 Å². The molecule has 32 heavy (non-hydrogen) atoms. The SMILES string of the molecule is CC1=C(C)C(C)[C]([Zr]([CH]2C=C(c3cc(F)ccc3F)c3ccccc32)=[Si](C)C)=C1C.Cl.Cl. The molecule has 0 heterocycles. The first-order chi connectivity index (χ1) is 14.2. The van der Waals surface area contributed by atoms with Gasteiger partial charge in [0.25, 0.3) is 0 Å². The van der Waals surface area contributed by atoms with Gasteiger partial charge in [-0.05, 0) is 0 Å². The average Bonchev–Trinajstić information content (AvgIpc) is 3.17. The van der Waals surface area contributed by atoms with E-state index in [9.17, 15) is 8.78 Å². The van der Waals surface area contributed by atoms with Crippen LogP contribution in [0.3, 0.4) is 0 Å². The van der Waals surface area contributed by atoms with Crippen molar-refractivity contribution in [1.29, 1.82) is 0 Å². The van der Waals surface area contributed by atoms with Crippen LogP contribution in [0.4, 0.5) is 8.78 Å². The van der Waals surface area contributed by atoms with Crippen LogP contribution in [0.2, 0.25) is 13.1 Å². The fraction of sp³-hybridized carbons (Fsp3) is 0.308. The van der Waals surface area contributed by atoms with Crippen LogP contribution in [0.25, 0.3) is 5.57 Å². The molecule has 0 saturated heterocycles. The van der Waals surface area contributed by atoms with E-state index in [0.717, 1.165) is 11.1 Å². The van der Waals surface area contributed by atoms with Gasteiger partial charge in [0.05, 0.1) is 0 Å². The first kappa shape index (κ1) is 27.4. The molecule has 2 atom stereocenters. The number of fused-ring (bicyclic) bond motifs is 1. The van der Waals surface area contributed by atoms with Crippen LogP contribution < -0.4 is 0 Å². The minimum absolute atomic E-state index is 0. The largest absolute Gasteiger partial charge is 0.147 e. The van der Waals surface area contributed by atoms with E-state index < -0.39 is 25.8 Å². The summed E-state index contributed by atoms with van der Waals surface area (Å²) >= 11 is -2.13. The molecule has 2 aliphatic rings. The average molecular weight is 571 g/mol. The second-order valence-corrected chi connectivity index (χ2v) is 26.2. The number of allylic oxidation sites excluding steroid dienone is 5. The summed E-state index contributed by atoms with van der Waals surface area (Å²) < 4.78 is 30.9. The second kappa shape index (κ2) is 10.6. The van der Waals surface area contributed by atoms with Gasteiger partial charge in [-0.1, -0.05) is 0 Å². The summed E-state index contributed by atoms with van der Waals surface area (Å²) in [6.45, 7) is 14.1. The maximum atomic E-state index is 14.7. The molecular formula is C26H30Cl2F2SiZr. The Hall–Kier alpha value is -0.800. The summed E-state index contributed by atoms with van der Waals surface area (Å²) in [5.41, 5.74) is 7.64. The molecule has 0 amide bonds. The van der Waals surface area contributed by atoms with Gasteiger partial charge in [0.1, 0.15) is 0 Å². The predicted octanol–water partition coefficient (Wildman–Crippen LogP) is 8.42. The topological polar surface area (TPSA) is 0 Å². The number of rotatable bonds is 3. The van der Waals surface area contributed by atoms with Crippen LogP contribution in [0.5, 0.6) is 0 Å². The zero-order chi connectivity index (χ0) is 21.7. The third kappa shape index (κ3) is 4.58. The summed E-state index contributed by atoms with van der Waals surface area (Å²) in [5.74, 6) is -0.212. The van der Waals surface area contributed by atoms with Crippen molar-refractivity contribution < 1.29 is 29.1 Å². The number of hydrogen-bond donors (Lipinski definition) is 0. The molecule has 0 aliphatic heterocycles. The molecule has 0 nitrogen and oxygen atoms in total. The Kier molecular flexibility index (Phi) is 9.12. The first-order valence-electron chi connectivity index (χ1n) is 10.5. The quantitative estimate of drug-likeness (QED) is 0.325. The summed E-state index contributed by atoms with van der Waals surface area (Å²) in [7, 11) is 0. The normalized spacial score (nSPS) is 19.3. The molecule has 2 unspecified atom stereocenters. The monoisotopic (exact) mass is 568 g/mol. The van der Waals surface area contributed by atoms with Crippen molar-refractivity contribution in [3.05, 3.63) is 96.9 Å². The van der Waals surface area contributed by atoms with Crippen molar-refractivity contribution >= 4 is 35.8 Å². The molecule has 0 N–H and O–H groups in total. The molecule has 0 bridgehead atoms. The Labute approximate surface area is 210 Å². The first-order valence-corrected chi connectivity index (χ1v) is 19.4. The van der Waals surface area contributed by atoms with Crippen LogP contribution in [-0.4, -0.2) is 5.43 Å². The van der Waals surface area contributed by atoms with Gasteiger partial charge in [0.2, 0.25) is 0 Å². The van der Waals surface area contributed by atoms with Gasteiger partial charge in [0, 0.05) is 0 Å². The fourth-order valence-corrected chi connectivity index (χ4v) is 24.8. The van der Waals surface area contributed by atoms with Gasteiger partial charge in [-0.2, -0.15) is 0 Å². The van der Waals surface area contributed by atoms with Crippen molar-refractivity contribution in [2.24, 2.45) is 5.92 Å². The van der Waals surface area contributed by atoms with Crippen LogP contribution >= 0.6 is 24.8 Å². The summed E-state index contributed by atoms with van der Waals surface area (Å²) in [5, 5.41) is 0. The Morgan fingerprint density at radius 1 is 0.875 bits per heavy atom. The number of benzene rings is 2. The van der Waals surface area contributed by atoms with Crippen molar-refractivity contribution in [2.45, 2.75) is 44.4 Å². The fourth-order valence-electron chi connectivity index (χ4n) is 5.08. The van der Waals surface area contributed by atoms with Crippen molar-refractivity contribution in [3.8, 4) is 0 Å². The smallest absolute Gasteiger partial charge is 0.147 e. The zero-order valence-electron chi connectivity index (χ0n) is 19.3. The van der Waals surface area contributed by atoms with E-state index in [1.165, 1.54) is 40.5 Å². The molecule has 0 spiro atoms. The van der Waals surface area contributed by atoms with E-state index in [1.807, 2.05) is 6.07 Å². The Morgan fingerprint density at radius 2 is 1.53 bits per heavy atom. The number of hydrogen-bond acceptors (Lipinski definition) is 0. The number of halogens is 4. The van der Waals surface area contributed by atoms with E-state index in [1.54, 1.807) is 3.28 Å². The van der Waals surface area contributed by atoms with Gasteiger partial charge in [-0.15, -0.1) is 24.8 Å². The Morgan fingerprint density at radius 3 is 2.12 bits per heavy atom. The van der Waals surface area contributed by atoms with Gasteiger partial charge >= 0.3 is 187 Å². The third-order valence-corrected chi connectivity index (χ3v) is 25.5. The summed E-state index contributed by atoms with van der Waals surface area (Å²) in [6.07, 6.45) is 2.30. The minimum atomic E-state index is -2.13. The predicted molar refractivity (Wildman–Crippen MR) is 135 cm³/mol. The summed E-state index contributed by atoms with van der Waals surface area (Å²) in [4.78, 5) is 0. The van der Waals surface area contributed by atoms with Crippen LogP contribution in [0.15, 0.2) is 68.5 Å². The van der Waals surface area contributed by atoms with Crippen LogP contribution in [0, 0.1) is 17.6 Å². The standard InChI is InChI=1S/C15H9F2.C9H13.C2H6Si.2ClH.Zr/c16-11-6-8-15(17)14(9-11)13-7-5-10-3-1-2-4-12(10)13;1-6-5-7(2)9(4)8(6)3;1-3-2;;;/h1-9H;6H,1-4H3;1-2H3;2*1H;. The molecule has 0 radical (unpaired) electrons. The molecule has 4 rings (SSSR count). The molecule has 2 aliphatic carbocycles. The van der Waals surface area contributed by atoms with Gasteiger partial charge in [-0.25, -0.2) is 0 Å². The zero-order valence-corrected chi connectivity index (χ0v) is 24.4. The molecule has 0 aromatic heterocycles. The van der Waals surface area contributed by atoms with Crippen molar-refractivity contribution in [3.63, 3.8) is 0 Å². The second-order valence-electron chi connectivity index (χ2n) is 8.75. The molecule has 2 aromatic rings. The van der Waals surface area contributed by atoms with E-state index >= 15 is 0 Å². The van der Waals surface area contributed by atoms with Crippen LogP contribution in [0.1, 0.15) is 48.0 Å². The van der Waals surface area contributed by atoms with E-state index in [2.05, 4.69) is 65.1 Å². The Balaban J connectivity index is 0.00000181. The van der Waals surface area contributed by atoms with Gasteiger partial charge < -0.3 is 0 Å². The third-order valence-electron chi connectivity index (χ3n) is 6.92. The maximum absolute atomic E-state index is 14.7. The molecule has 170 valence electrons. The van der Waals surface area contributed by atoms with Gasteiger partial charge in [0.15, 0.2) is 0 Å². The molecular weight excluding hydrogens is 540 g/mol. The maximum Gasteiger partial charge on any atom is -0.147 e. The van der Waals surface area contributed by atoms with E-state index in [-0.39, 0.29) is 36.4 Å². The van der Waals surface area contributed by atoms with Gasteiger partial charge in [-0.3, -0.25) is 0 Å². The van der Waals surface area contributed by atoms with Crippen LogP contribution in [-0.2, 0) is 20.4 Å². The van der Waals surface area contributed by atoms with E-state index in [4.69, 9.17) is 0 Å². The van der Waals surface area contributed by atoms with Crippen molar-refractivity contribution in [2.75, 3.05) is 0 Å². The molecule has 6 heteroatoms. The molecule has 2 aromatic carbocycles. The molecule has 0 fully saturated rings.